The molecule has 0 saturated carbocycles. The minimum Gasteiger partial charge on any atom is -0.212 e. The van der Waals surface area contributed by atoms with Crippen molar-refractivity contribution in [2.24, 2.45) is 0 Å². The Kier molecular flexibility index (Phi) is 3.95. The average molecular weight is 294 g/mol. The summed E-state index contributed by atoms with van der Waals surface area (Å²) in [6.45, 7) is 0. The van der Waals surface area contributed by atoms with E-state index < -0.39 is 14.8 Å². The first-order chi connectivity index (χ1) is 6.29. The lowest BCUT2D eigenvalue weighted by Crippen LogP contribution is -1.97. The molecule has 0 aliphatic carbocycles. The third kappa shape index (κ3) is 3.48. The summed E-state index contributed by atoms with van der Waals surface area (Å²) < 4.78 is 21.6. The number of benzene rings is 1. The van der Waals surface area contributed by atoms with Crippen LogP contribution in [0.25, 0.3) is 0 Å². The van der Waals surface area contributed by atoms with Gasteiger partial charge in [0.25, 0.3) is 0 Å². The molecule has 0 saturated heterocycles. The maximum absolute atomic E-state index is 10.8. The van der Waals surface area contributed by atoms with Crippen molar-refractivity contribution in [3.05, 3.63) is 32.8 Å². The topological polar surface area (TPSA) is 34.1 Å². The van der Waals surface area contributed by atoms with Crippen molar-refractivity contribution in [3.8, 4) is 0 Å². The van der Waals surface area contributed by atoms with E-state index in [1.165, 1.54) is 12.1 Å². The molecule has 2 nitrogen and oxygen atoms in total. The monoisotopic (exact) mass is 292 g/mol. The van der Waals surface area contributed by atoms with Crippen LogP contribution in [0.15, 0.2) is 12.1 Å². The molecule has 0 aromatic heterocycles. The third-order valence-electron chi connectivity index (χ3n) is 1.42. The molecule has 0 fully saturated rings. The molecule has 0 bridgehead atoms. The lowest BCUT2D eigenvalue weighted by molar-refractivity contribution is 0.609. The highest BCUT2D eigenvalue weighted by atomic mass is 35.7. The zero-order chi connectivity index (χ0) is 10.9. The second-order valence-corrected chi connectivity index (χ2v) is 6.56. The lowest BCUT2D eigenvalue weighted by atomic mass is 10.2. The summed E-state index contributed by atoms with van der Waals surface area (Å²) in [5.41, 5.74) is 0.257. The summed E-state index contributed by atoms with van der Waals surface area (Å²) >= 11 is 17.1. The van der Waals surface area contributed by atoms with Gasteiger partial charge in [0.15, 0.2) is 0 Å². The van der Waals surface area contributed by atoms with Gasteiger partial charge in [-0.2, -0.15) is 0 Å². The quantitative estimate of drug-likeness (QED) is 0.779. The number of rotatable bonds is 2. The fourth-order valence-corrected chi connectivity index (χ4v) is 2.97. The van der Waals surface area contributed by atoms with Crippen LogP contribution in [0.5, 0.6) is 0 Å². The van der Waals surface area contributed by atoms with E-state index in [9.17, 15) is 8.42 Å². The molecule has 1 aromatic rings. The molecule has 0 atom stereocenters. The Morgan fingerprint density at radius 1 is 1.07 bits per heavy atom. The van der Waals surface area contributed by atoms with E-state index in [2.05, 4.69) is 0 Å². The molecule has 1 aromatic carbocycles. The summed E-state index contributed by atoms with van der Waals surface area (Å²) in [5.74, 6) is -0.413. The zero-order valence-electron chi connectivity index (χ0n) is 6.60. The first-order valence-corrected chi connectivity index (χ1v) is 6.96. The highest BCUT2D eigenvalue weighted by Gasteiger charge is 2.14. The number of hydrogen-bond acceptors (Lipinski definition) is 2. The van der Waals surface area contributed by atoms with E-state index in [4.69, 9.17) is 45.5 Å². The molecule has 7 heteroatoms. The Balaban J connectivity index is 3.22. The molecular weight excluding hydrogens is 290 g/mol. The molecule has 1 rings (SSSR count). The predicted molar refractivity (Wildman–Crippen MR) is 59.9 cm³/mol. The first kappa shape index (κ1) is 12.4. The van der Waals surface area contributed by atoms with Crippen molar-refractivity contribution < 1.29 is 8.42 Å². The van der Waals surface area contributed by atoms with Gasteiger partial charge < -0.3 is 0 Å². The van der Waals surface area contributed by atoms with Crippen LogP contribution >= 0.6 is 45.5 Å². The summed E-state index contributed by atoms with van der Waals surface area (Å²) in [7, 11) is 1.40. The Bertz CT molecular complexity index is 432. The van der Waals surface area contributed by atoms with Gasteiger partial charge in [-0.25, -0.2) is 8.42 Å². The largest absolute Gasteiger partial charge is 0.236 e. The highest BCUT2D eigenvalue weighted by molar-refractivity contribution is 8.13. The van der Waals surface area contributed by atoms with Gasteiger partial charge in [0.05, 0.1) is 5.75 Å². The van der Waals surface area contributed by atoms with Crippen molar-refractivity contribution in [1.29, 1.82) is 0 Å². The van der Waals surface area contributed by atoms with E-state index in [0.717, 1.165) is 0 Å². The minimum absolute atomic E-state index is 0.187. The molecule has 78 valence electrons. The highest BCUT2D eigenvalue weighted by Crippen LogP contribution is 2.30. The zero-order valence-corrected chi connectivity index (χ0v) is 10.4. The van der Waals surface area contributed by atoms with Gasteiger partial charge in [0, 0.05) is 31.3 Å². The van der Waals surface area contributed by atoms with Crippen LogP contribution in [0.3, 0.4) is 0 Å². The molecule has 0 spiro atoms. The van der Waals surface area contributed by atoms with Crippen molar-refractivity contribution in [2.45, 2.75) is 5.75 Å². The first-order valence-electron chi connectivity index (χ1n) is 3.35. The van der Waals surface area contributed by atoms with Gasteiger partial charge in [0.2, 0.25) is 9.05 Å². The molecule has 0 amide bonds. The smallest absolute Gasteiger partial charge is 0.212 e. The molecule has 0 heterocycles. The lowest BCUT2D eigenvalue weighted by Gasteiger charge is -2.05. The maximum atomic E-state index is 10.8. The van der Waals surface area contributed by atoms with Crippen LogP contribution in [0.1, 0.15) is 5.56 Å². The van der Waals surface area contributed by atoms with E-state index in [1.54, 1.807) is 0 Å². The fourth-order valence-electron chi connectivity index (χ4n) is 0.882. The summed E-state index contributed by atoms with van der Waals surface area (Å²) in [6, 6.07) is 2.82. The second kappa shape index (κ2) is 4.45. The fraction of sp³-hybridized carbons (Fsp3) is 0.143. The van der Waals surface area contributed by atoms with Gasteiger partial charge in [-0.3, -0.25) is 0 Å². The van der Waals surface area contributed by atoms with Gasteiger partial charge in [0.1, 0.15) is 0 Å². The van der Waals surface area contributed by atoms with E-state index in [1.807, 2.05) is 0 Å². The predicted octanol–water partition coefficient (Wildman–Crippen LogP) is 3.72. The van der Waals surface area contributed by atoms with Crippen LogP contribution < -0.4 is 0 Å². The molecular formula is C7H4Cl4O2S. The van der Waals surface area contributed by atoms with Crippen LogP contribution in [0.4, 0.5) is 0 Å². The molecule has 0 N–H and O–H groups in total. The Morgan fingerprint density at radius 2 is 1.50 bits per heavy atom. The summed E-state index contributed by atoms with van der Waals surface area (Å²) in [6.07, 6.45) is 0. The van der Waals surface area contributed by atoms with E-state index >= 15 is 0 Å². The molecule has 0 aliphatic rings. The Labute approximate surface area is 101 Å². The minimum atomic E-state index is -3.67. The van der Waals surface area contributed by atoms with Crippen molar-refractivity contribution >= 4 is 54.5 Å². The van der Waals surface area contributed by atoms with Gasteiger partial charge >= 0.3 is 0 Å². The van der Waals surface area contributed by atoms with Gasteiger partial charge in [-0.1, -0.05) is 34.8 Å². The second-order valence-electron chi connectivity index (χ2n) is 2.53. The molecule has 0 radical (unpaired) electrons. The van der Waals surface area contributed by atoms with Gasteiger partial charge in [-0.15, -0.1) is 0 Å². The van der Waals surface area contributed by atoms with E-state index in [0.29, 0.717) is 5.02 Å². The van der Waals surface area contributed by atoms with Gasteiger partial charge in [-0.05, 0) is 12.1 Å². The van der Waals surface area contributed by atoms with Crippen LogP contribution in [0, 0.1) is 0 Å². The Hall–Kier alpha value is 0.330. The standard InChI is InChI=1S/C7H4Cl4O2S/c8-4-1-6(9)5(7(10)2-4)3-14(11,12)13/h1-2H,3H2. The molecule has 14 heavy (non-hydrogen) atoms. The average Bonchev–Trinajstić information content (AvgIpc) is 1.95. The van der Waals surface area contributed by atoms with Crippen LogP contribution in [-0.4, -0.2) is 8.42 Å². The normalized spacial score (nSPS) is 11.7. The summed E-state index contributed by atoms with van der Waals surface area (Å²) in [5, 5.41) is 0.717. The van der Waals surface area contributed by atoms with Crippen molar-refractivity contribution in [3.63, 3.8) is 0 Å². The van der Waals surface area contributed by atoms with Crippen molar-refractivity contribution in [2.75, 3.05) is 0 Å². The number of halogens is 4. The van der Waals surface area contributed by atoms with Crippen LogP contribution in [-0.2, 0) is 14.8 Å². The SMILES string of the molecule is O=S(=O)(Cl)Cc1c(Cl)cc(Cl)cc1Cl. The number of hydrogen-bond donors (Lipinski definition) is 0. The molecule has 0 aliphatic heterocycles. The maximum Gasteiger partial charge on any atom is 0.236 e. The summed E-state index contributed by atoms with van der Waals surface area (Å²) in [4.78, 5) is 0. The molecule has 0 unspecified atom stereocenters. The van der Waals surface area contributed by atoms with Crippen molar-refractivity contribution in [1.82, 2.24) is 0 Å². The Morgan fingerprint density at radius 3 is 1.86 bits per heavy atom. The van der Waals surface area contributed by atoms with Crippen LogP contribution in [0.2, 0.25) is 15.1 Å². The third-order valence-corrected chi connectivity index (χ3v) is 3.28. The van der Waals surface area contributed by atoms with E-state index in [-0.39, 0.29) is 15.6 Å².